The van der Waals surface area contributed by atoms with Gasteiger partial charge < -0.3 is 29.9 Å². The van der Waals surface area contributed by atoms with Crippen molar-refractivity contribution in [3.8, 4) is 0 Å². The SMILES string of the molecule is CC1(C)CC(O)CC(C)(C)N1CCO.CCCCCCCCCC(CC)OC(=O)CCN1C(=O)C2(CC(C)(C)NC(C)(C)C2)OC12CCCCCCCCCCC2. The normalized spacial score (nSPS) is 25.3. The highest BCUT2D eigenvalue weighted by Gasteiger charge is 2.64. The van der Waals surface area contributed by atoms with Crippen LogP contribution in [0.4, 0.5) is 0 Å². The quantitative estimate of drug-likeness (QED) is 0.111. The summed E-state index contributed by atoms with van der Waals surface area (Å²) in [5.74, 6) is -0.0667. The van der Waals surface area contributed by atoms with Crippen LogP contribution in [0, 0.1) is 0 Å². The lowest BCUT2D eigenvalue weighted by molar-refractivity contribution is -0.177. The number of hydrogen-bond donors (Lipinski definition) is 3. The molecule has 1 aliphatic carbocycles. The van der Waals surface area contributed by atoms with Crippen molar-refractivity contribution in [3.63, 3.8) is 0 Å². The molecule has 1 atom stereocenters. The summed E-state index contributed by atoms with van der Waals surface area (Å²) in [7, 11) is 0. The van der Waals surface area contributed by atoms with Gasteiger partial charge in [0.15, 0.2) is 5.60 Å². The number of carbonyl (C=O) groups excluding carboxylic acids is 2. The number of nitrogens with zero attached hydrogens (tertiary/aromatic N) is 2. The number of ether oxygens (including phenoxy) is 2. The van der Waals surface area contributed by atoms with E-state index in [9.17, 15) is 14.7 Å². The van der Waals surface area contributed by atoms with Crippen LogP contribution in [-0.4, -0.2) is 97.3 Å². The van der Waals surface area contributed by atoms with E-state index in [4.69, 9.17) is 14.6 Å². The van der Waals surface area contributed by atoms with Gasteiger partial charge in [0.05, 0.1) is 19.1 Å². The number of unbranched alkanes of at least 4 members (excludes halogenated alkanes) is 6. The summed E-state index contributed by atoms with van der Waals surface area (Å²) >= 11 is 0. The number of amides is 1. The molecule has 3 saturated heterocycles. The zero-order chi connectivity index (χ0) is 42.4. The van der Waals surface area contributed by atoms with E-state index in [1.54, 1.807) is 0 Å². The fourth-order valence-corrected chi connectivity index (χ4v) is 11.5. The largest absolute Gasteiger partial charge is 0.462 e. The highest BCUT2D eigenvalue weighted by molar-refractivity contribution is 5.89. The highest BCUT2D eigenvalue weighted by atomic mass is 16.6. The van der Waals surface area contributed by atoms with Crippen molar-refractivity contribution in [2.24, 2.45) is 0 Å². The van der Waals surface area contributed by atoms with Gasteiger partial charge >= 0.3 is 5.97 Å². The first kappa shape index (κ1) is 50.1. The first-order chi connectivity index (χ1) is 26.8. The molecule has 1 saturated carbocycles. The fraction of sp³-hybridized carbons (Fsp3) is 0.958. The first-order valence-corrected chi connectivity index (χ1v) is 23.8. The zero-order valence-corrected chi connectivity index (χ0v) is 38.9. The van der Waals surface area contributed by atoms with Crippen LogP contribution in [0.5, 0.6) is 0 Å². The van der Waals surface area contributed by atoms with Crippen LogP contribution in [0.2, 0.25) is 0 Å². The Morgan fingerprint density at radius 1 is 0.772 bits per heavy atom. The predicted molar refractivity (Wildman–Crippen MR) is 234 cm³/mol. The van der Waals surface area contributed by atoms with Crippen molar-refractivity contribution in [2.45, 2.75) is 275 Å². The highest BCUT2D eigenvalue weighted by Crippen LogP contribution is 2.51. The molecule has 3 aliphatic heterocycles. The molecule has 0 radical (unpaired) electrons. The van der Waals surface area contributed by atoms with Gasteiger partial charge in [0.25, 0.3) is 5.91 Å². The van der Waals surface area contributed by atoms with Gasteiger partial charge in [-0.1, -0.05) is 97.3 Å². The smallest absolute Gasteiger partial charge is 0.307 e. The second-order valence-corrected chi connectivity index (χ2v) is 21.2. The maximum atomic E-state index is 14.6. The Morgan fingerprint density at radius 3 is 1.75 bits per heavy atom. The molecule has 4 fully saturated rings. The van der Waals surface area contributed by atoms with E-state index < -0.39 is 11.3 Å². The molecule has 57 heavy (non-hydrogen) atoms. The molecule has 334 valence electrons. The number of β-amino-alcohol motifs (C(OH)–C–C–N with tert-alkyl or cyclic N) is 1. The predicted octanol–water partition coefficient (Wildman–Crippen LogP) is 10.4. The number of carbonyl (C=O) groups is 2. The second kappa shape index (κ2) is 22.5. The van der Waals surface area contributed by atoms with Gasteiger partial charge in [0.2, 0.25) is 0 Å². The zero-order valence-electron chi connectivity index (χ0n) is 38.9. The first-order valence-electron chi connectivity index (χ1n) is 23.8. The summed E-state index contributed by atoms with van der Waals surface area (Å²) < 4.78 is 13.2. The van der Waals surface area contributed by atoms with Crippen LogP contribution >= 0.6 is 0 Å². The van der Waals surface area contributed by atoms with Crippen molar-refractivity contribution in [1.29, 1.82) is 0 Å². The molecule has 1 unspecified atom stereocenters. The molecular weight excluding hydrogens is 715 g/mol. The standard InChI is InChI=1S/C37H68N2O4.C11H23NO2/c1-7-9-10-11-15-18-21-24-31(8-2)42-32(40)25-28-39-33(41)36(29-34(3,4)38-35(5,6)30-36)43-37(39)26-22-19-16-13-12-14-17-20-23-27-37;1-10(2)7-9(14)8-11(3,4)12(10)5-6-13/h31,38H,7-30H2,1-6H3;9,13-14H,5-8H2,1-4H3. The van der Waals surface area contributed by atoms with Crippen molar-refractivity contribution in [1.82, 2.24) is 15.1 Å². The van der Waals surface area contributed by atoms with E-state index in [0.29, 0.717) is 25.9 Å². The van der Waals surface area contributed by atoms with Gasteiger partial charge in [-0.15, -0.1) is 0 Å². The van der Waals surface area contributed by atoms with E-state index in [1.807, 2.05) is 4.90 Å². The summed E-state index contributed by atoms with van der Waals surface area (Å²) in [6.45, 7) is 22.9. The molecule has 3 N–H and O–H groups in total. The Morgan fingerprint density at radius 2 is 1.26 bits per heavy atom. The molecule has 4 rings (SSSR count). The molecular formula is C48H91N3O6. The summed E-state index contributed by atoms with van der Waals surface area (Å²) in [4.78, 5) is 32.1. The number of likely N-dealkylation sites (tertiary alicyclic amines) is 1. The maximum absolute atomic E-state index is 14.6. The third-order valence-electron chi connectivity index (χ3n) is 13.5. The Hall–Kier alpha value is -1.26. The average Bonchev–Trinajstić information content (AvgIpc) is 3.29. The lowest BCUT2D eigenvalue weighted by atomic mass is 9.72. The minimum atomic E-state index is -0.845. The molecule has 9 nitrogen and oxygen atoms in total. The Labute approximate surface area is 350 Å². The third-order valence-corrected chi connectivity index (χ3v) is 13.5. The van der Waals surface area contributed by atoms with Gasteiger partial charge in [-0.05, 0) is 113 Å². The maximum Gasteiger partial charge on any atom is 0.307 e. The Kier molecular flexibility index (Phi) is 19.8. The van der Waals surface area contributed by atoms with Crippen molar-refractivity contribution >= 4 is 11.9 Å². The minimum absolute atomic E-state index is 0.0239. The van der Waals surface area contributed by atoms with E-state index in [2.05, 4.69) is 79.5 Å². The molecule has 9 heteroatoms. The van der Waals surface area contributed by atoms with Crippen molar-refractivity contribution in [2.75, 3.05) is 19.7 Å². The summed E-state index contributed by atoms with van der Waals surface area (Å²) in [6.07, 6.45) is 26.2. The number of rotatable bonds is 15. The van der Waals surface area contributed by atoms with E-state index in [1.165, 1.54) is 83.5 Å². The molecule has 0 aromatic carbocycles. The van der Waals surface area contributed by atoms with Crippen LogP contribution in [0.15, 0.2) is 0 Å². The number of aliphatic hydroxyl groups excluding tert-OH is 2. The van der Waals surface area contributed by atoms with Crippen LogP contribution in [0.25, 0.3) is 0 Å². The van der Waals surface area contributed by atoms with Crippen LogP contribution in [-0.2, 0) is 19.1 Å². The van der Waals surface area contributed by atoms with Crippen molar-refractivity contribution < 1.29 is 29.3 Å². The number of aliphatic hydroxyl groups is 2. The van der Waals surface area contributed by atoms with E-state index >= 15 is 0 Å². The Balaban J connectivity index is 0.000000522. The average molecular weight is 806 g/mol. The van der Waals surface area contributed by atoms with Crippen LogP contribution in [0.1, 0.15) is 230 Å². The Bertz CT molecular complexity index is 1150. The van der Waals surface area contributed by atoms with Gasteiger partial charge in [0, 0.05) is 48.1 Å². The minimum Gasteiger partial charge on any atom is -0.462 e. The van der Waals surface area contributed by atoms with Gasteiger partial charge in [0.1, 0.15) is 11.8 Å². The number of nitrogens with one attached hydrogen (secondary N) is 1. The topological polar surface area (TPSA) is 112 Å². The van der Waals surface area contributed by atoms with Gasteiger partial charge in [-0.2, -0.15) is 0 Å². The fourth-order valence-electron chi connectivity index (χ4n) is 11.5. The summed E-state index contributed by atoms with van der Waals surface area (Å²) in [6, 6.07) is 0. The second-order valence-electron chi connectivity index (χ2n) is 21.2. The molecule has 2 spiro atoms. The monoisotopic (exact) mass is 806 g/mol. The van der Waals surface area contributed by atoms with Crippen LogP contribution in [0.3, 0.4) is 0 Å². The molecule has 3 heterocycles. The van der Waals surface area contributed by atoms with Gasteiger partial charge in [-0.3, -0.25) is 14.5 Å². The van der Waals surface area contributed by atoms with Crippen molar-refractivity contribution in [3.05, 3.63) is 0 Å². The number of esters is 1. The molecule has 0 aromatic heterocycles. The van der Waals surface area contributed by atoms with E-state index in [-0.39, 0.29) is 59.3 Å². The summed E-state index contributed by atoms with van der Waals surface area (Å²) in [5, 5.41) is 22.6. The number of piperidine rings is 2. The molecule has 0 aromatic rings. The lowest BCUT2D eigenvalue weighted by Gasteiger charge is -2.54. The van der Waals surface area contributed by atoms with E-state index in [0.717, 1.165) is 57.8 Å². The van der Waals surface area contributed by atoms with Gasteiger partial charge in [-0.25, -0.2) is 0 Å². The van der Waals surface area contributed by atoms with Crippen LogP contribution < -0.4 is 5.32 Å². The molecule has 4 aliphatic rings. The third kappa shape index (κ3) is 15.3. The lowest BCUT2D eigenvalue weighted by Crippen LogP contribution is -2.65. The summed E-state index contributed by atoms with van der Waals surface area (Å²) in [5.41, 5.74) is -1.95. The molecule has 1 amide bonds. The number of hydrogen-bond acceptors (Lipinski definition) is 8. The molecule has 0 bridgehead atoms.